The normalized spacial score (nSPS) is 12.4. The first-order valence-corrected chi connectivity index (χ1v) is 6.49. The van der Waals surface area contributed by atoms with Crippen molar-refractivity contribution in [3.63, 3.8) is 0 Å². The quantitative estimate of drug-likeness (QED) is 0.883. The van der Waals surface area contributed by atoms with Gasteiger partial charge in [0.15, 0.2) is 0 Å². The number of hydrogen-bond donors (Lipinski definition) is 2. The van der Waals surface area contributed by atoms with Crippen molar-refractivity contribution in [3.8, 4) is 0 Å². The van der Waals surface area contributed by atoms with Crippen LogP contribution in [0.1, 0.15) is 40.4 Å². The van der Waals surface area contributed by atoms with E-state index in [2.05, 4.69) is 20.3 Å². The molecule has 20 heavy (non-hydrogen) atoms. The molecule has 0 saturated heterocycles. The van der Waals surface area contributed by atoms with Crippen LogP contribution >= 0.6 is 0 Å². The lowest BCUT2D eigenvalue weighted by Crippen LogP contribution is -2.44. The Morgan fingerprint density at radius 2 is 2.00 bits per heavy atom. The highest BCUT2D eigenvalue weighted by atomic mass is 16.6. The molecule has 2 aromatic heterocycles. The molecule has 0 unspecified atom stereocenters. The van der Waals surface area contributed by atoms with Crippen LogP contribution in [0.15, 0.2) is 18.5 Å². The van der Waals surface area contributed by atoms with Crippen LogP contribution in [0.3, 0.4) is 0 Å². The molecular weight excluding hydrogens is 256 g/mol. The van der Waals surface area contributed by atoms with Crippen LogP contribution in [0.4, 0.5) is 4.79 Å². The minimum atomic E-state index is -0.665. The fourth-order valence-electron chi connectivity index (χ4n) is 1.77. The summed E-state index contributed by atoms with van der Waals surface area (Å²) < 4.78 is 5.27. The maximum absolute atomic E-state index is 11.9. The molecule has 2 aromatic rings. The number of nitrogens with one attached hydrogen (secondary N) is 2. The standard InChI is InChI=1S/C14H20N4O2/c1-13(2,3)20-12(19)18-14(4,5)11-16-9-6-7-15-8-10(9)17-11/h6-8H,1-5H3,(H,16,17)(H,18,19). The number of fused-ring (bicyclic) bond motifs is 1. The van der Waals surface area contributed by atoms with Crippen LogP contribution < -0.4 is 5.32 Å². The second kappa shape index (κ2) is 4.77. The first kappa shape index (κ1) is 14.3. The van der Waals surface area contributed by atoms with Crippen molar-refractivity contribution in [2.75, 3.05) is 0 Å². The molecule has 0 fully saturated rings. The summed E-state index contributed by atoms with van der Waals surface area (Å²) in [6.45, 7) is 9.20. The van der Waals surface area contributed by atoms with Crippen LogP contribution in [0.2, 0.25) is 0 Å². The smallest absolute Gasteiger partial charge is 0.408 e. The van der Waals surface area contributed by atoms with E-state index in [4.69, 9.17) is 4.74 Å². The average molecular weight is 276 g/mol. The number of alkyl carbamates (subject to hydrolysis) is 1. The van der Waals surface area contributed by atoms with E-state index >= 15 is 0 Å². The van der Waals surface area contributed by atoms with Crippen LogP contribution in [-0.2, 0) is 10.3 Å². The van der Waals surface area contributed by atoms with Gasteiger partial charge in [-0.3, -0.25) is 4.98 Å². The third-order valence-electron chi connectivity index (χ3n) is 2.69. The molecule has 0 aliphatic carbocycles. The lowest BCUT2D eigenvalue weighted by atomic mass is 10.1. The van der Waals surface area contributed by atoms with Gasteiger partial charge in [0.2, 0.25) is 0 Å². The average Bonchev–Trinajstić information content (AvgIpc) is 2.69. The van der Waals surface area contributed by atoms with Crippen LogP contribution in [0, 0.1) is 0 Å². The van der Waals surface area contributed by atoms with Crippen molar-refractivity contribution < 1.29 is 9.53 Å². The molecule has 6 nitrogen and oxygen atoms in total. The first-order chi connectivity index (χ1) is 9.17. The molecule has 0 aliphatic heterocycles. The summed E-state index contributed by atoms with van der Waals surface area (Å²) in [7, 11) is 0. The van der Waals surface area contributed by atoms with Gasteiger partial charge < -0.3 is 15.0 Å². The van der Waals surface area contributed by atoms with Gasteiger partial charge in [-0.05, 0) is 40.7 Å². The number of aromatic nitrogens is 3. The number of imidazole rings is 1. The highest BCUT2D eigenvalue weighted by Crippen LogP contribution is 2.21. The molecule has 0 bridgehead atoms. The van der Waals surface area contributed by atoms with Gasteiger partial charge in [0.25, 0.3) is 0 Å². The number of amides is 1. The number of H-pyrrole nitrogens is 1. The van der Waals surface area contributed by atoms with Crippen molar-refractivity contribution in [3.05, 3.63) is 24.3 Å². The maximum atomic E-state index is 11.9. The first-order valence-electron chi connectivity index (χ1n) is 6.49. The molecule has 2 N–H and O–H groups in total. The molecule has 2 heterocycles. The third-order valence-corrected chi connectivity index (χ3v) is 2.69. The molecule has 0 aliphatic rings. The maximum Gasteiger partial charge on any atom is 0.408 e. The zero-order chi connectivity index (χ0) is 15.0. The molecule has 6 heteroatoms. The zero-order valence-electron chi connectivity index (χ0n) is 12.4. The van der Waals surface area contributed by atoms with Gasteiger partial charge in [-0.2, -0.15) is 0 Å². The Morgan fingerprint density at radius 1 is 1.30 bits per heavy atom. The van der Waals surface area contributed by atoms with Gasteiger partial charge in [0, 0.05) is 6.20 Å². The van der Waals surface area contributed by atoms with E-state index in [1.807, 2.05) is 40.7 Å². The molecule has 0 spiro atoms. The SMILES string of the molecule is CC(C)(C)OC(=O)NC(C)(C)c1nc2ccncc2[nH]1. The van der Waals surface area contributed by atoms with Gasteiger partial charge in [0.05, 0.1) is 22.8 Å². The van der Waals surface area contributed by atoms with E-state index in [1.165, 1.54) is 0 Å². The summed E-state index contributed by atoms with van der Waals surface area (Å²) in [5.41, 5.74) is 0.454. The van der Waals surface area contributed by atoms with Gasteiger partial charge in [-0.25, -0.2) is 9.78 Å². The third kappa shape index (κ3) is 3.26. The van der Waals surface area contributed by atoms with Gasteiger partial charge in [-0.15, -0.1) is 0 Å². The highest BCUT2D eigenvalue weighted by molar-refractivity contribution is 5.74. The van der Waals surface area contributed by atoms with E-state index in [-0.39, 0.29) is 0 Å². The number of pyridine rings is 1. The zero-order valence-corrected chi connectivity index (χ0v) is 12.4. The number of nitrogens with zero attached hydrogens (tertiary/aromatic N) is 2. The van der Waals surface area contributed by atoms with Crippen molar-refractivity contribution >= 4 is 17.1 Å². The summed E-state index contributed by atoms with van der Waals surface area (Å²) >= 11 is 0. The van der Waals surface area contributed by atoms with E-state index in [1.54, 1.807) is 12.4 Å². The Labute approximate surface area is 118 Å². The molecule has 0 saturated carbocycles. The van der Waals surface area contributed by atoms with Crippen molar-refractivity contribution in [1.82, 2.24) is 20.3 Å². The lowest BCUT2D eigenvalue weighted by molar-refractivity contribution is 0.0466. The molecular formula is C14H20N4O2. The summed E-state index contributed by atoms with van der Waals surface area (Å²) in [6, 6.07) is 1.82. The Morgan fingerprint density at radius 3 is 2.60 bits per heavy atom. The predicted molar refractivity (Wildman–Crippen MR) is 76.3 cm³/mol. The fourth-order valence-corrected chi connectivity index (χ4v) is 1.77. The van der Waals surface area contributed by atoms with Crippen molar-refractivity contribution in [1.29, 1.82) is 0 Å². The highest BCUT2D eigenvalue weighted by Gasteiger charge is 2.29. The van der Waals surface area contributed by atoms with Crippen LogP contribution in [0.5, 0.6) is 0 Å². The minimum Gasteiger partial charge on any atom is -0.444 e. The number of carbonyl (C=O) groups is 1. The Hall–Kier alpha value is -2.11. The largest absolute Gasteiger partial charge is 0.444 e. The van der Waals surface area contributed by atoms with Crippen molar-refractivity contribution in [2.45, 2.75) is 45.8 Å². The Kier molecular flexibility index (Phi) is 3.41. The number of ether oxygens (including phenoxy) is 1. The molecule has 0 radical (unpaired) electrons. The minimum absolute atomic E-state index is 0.471. The van der Waals surface area contributed by atoms with Crippen LogP contribution in [-0.4, -0.2) is 26.6 Å². The van der Waals surface area contributed by atoms with Gasteiger partial charge in [0.1, 0.15) is 11.4 Å². The van der Waals surface area contributed by atoms with Crippen LogP contribution in [0.25, 0.3) is 11.0 Å². The number of hydrogen-bond acceptors (Lipinski definition) is 4. The van der Waals surface area contributed by atoms with E-state index in [0.29, 0.717) is 5.82 Å². The number of aromatic amines is 1. The topological polar surface area (TPSA) is 79.9 Å². The summed E-state index contributed by atoms with van der Waals surface area (Å²) in [5, 5.41) is 2.81. The Bertz CT molecular complexity index is 592. The summed E-state index contributed by atoms with van der Waals surface area (Å²) in [6.07, 6.45) is 2.91. The Balaban J connectivity index is 2.19. The lowest BCUT2D eigenvalue weighted by Gasteiger charge is -2.27. The fraction of sp³-hybridized carbons (Fsp3) is 0.500. The predicted octanol–water partition coefficient (Wildman–Crippen LogP) is 2.72. The second-order valence-corrected chi connectivity index (χ2v) is 6.23. The molecule has 0 atom stereocenters. The summed E-state index contributed by atoms with van der Waals surface area (Å²) in [4.78, 5) is 23.5. The van der Waals surface area contributed by atoms with Crippen molar-refractivity contribution in [2.24, 2.45) is 0 Å². The molecule has 1 amide bonds. The van der Waals surface area contributed by atoms with E-state index in [0.717, 1.165) is 11.0 Å². The molecule has 108 valence electrons. The van der Waals surface area contributed by atoms with Gasteiger partial charge in [-0.1, -0.05) is 0 Å². The van der Waals surface area contributed by atoms with E-state index < -0.39 is 17.2 Å². The molecule has 2 rings (SSSR count). The van der Waals surface area contributed by atoms with E-state index in [9.17, 15) is 4.79 Å². The molecule has 0 aromatic carbocycles. The number of rotatable bonds is 2. The van der Waals surface area contributed by atoms with Gasteiger partial charge >= 0.3 is 6.09 Å². The second-order valence-electron chi connectivity index (χ2n) is 6.23. The summed E-state index contributed by atoms with van der Waals surface area (Å²) in [5.74, 6) is 0.659. The number of carbonyl (C=O) groups excluding carboxylic acids is 1. The monoisotopic (exact) mass is 276 g/mol.